The predicted molar refractivity (Wildman–Crippen MR) is 75.7 cm³/mol. The van der Waals surface area contributed by atoms with Crippen molar-refractivity contribution in [2.24, 2.45) is 0 Å². The molecule has 1 aromatic rings. The van der Waals surface area contributed by atoms with Crippen molar-refractivity contribution in [2.45, 2.75) is 6.04 Å². The standard InChI is InChI=1S/C14H21N3O2/c1-15-14(18)13-10-17(9-8-16(13)2)11-4-6-12(19-3)7-5-11/h4-7,13H,8-10H2,1-3H3,(H,15,18)/t13-/m1/s1. The monoisotopic (exact) mass is 263 g/mol. The van der Waals surface area contributed by atoms with Crippen LogP contribution in [0.4, 0.5) is 5.69 Å². The van der Waals surface area contributed by atoms with Crippen molar-refractivity contribution in [1.29, 1.82) is 0 Å². The van der Waals surface area contributed by atoms with Crippen LogP contribution in [-0.4, -0.2) is 57.7 Å². The molecule has 0 aliphatic carbocycles. The molecule has 0 aromatic heterocycles. The van der Waals surface area contributed by atoms with Crippen LogP contribution >= 0.6 is 0 Å². The number of benzene rings is 1. The quantitative estimate of drug-likeness (QED) is 0.865. The summed E-state index contributed by atoms with van der Waals surface area (Å²) in [7, 11) is 5.33. The number of likely N-dealkylation sites (N-methyl/N-ethyl adjacent to an activating group) is 2. The molecule has 1 N–H and O–H groups in total. The molecule has 2 rings (SSSR count). The van der Waals surface area contributed by atoms with Crippen LogP contribution in [0.3, 0.4) is 0 Å². The summed E-state index contributed by atoms with van der Waals surface area (Å²) in [5, 5.41) is 2.73. The Balaban J connectivity index is 2.10. The number of rotatable bonds is 3. The Morgan fingerprint density at radius 3 is 2.58 bits per heavy atom. The van der Waals surface area contributed by atoms with E-state index in [2.05, 4.69) is 15.1 Å². The van der Waals surface area contributed by atoms with Gasteiger partial charge in [-0.25, -0.2) is 0 Å². The normalized spacial score (nSPS) is 20.2. The zero-order chi connectivity index (χ0) is 13.8. The number of nitrogens with one attached hydrogen (secondary N) is 1. The first-order chi connectivity index (χ1) is 9.15. The van der Waals surface area contributed by atoms with Gasteiger partial charge in [-0.1, -0.05) is 0 Å². The Bertz CT molecular complexity index is 433. The minimum Gasteiger partial charge on any atom is -0.497 e. The average molecular weight is 263 g/mol. The van der Waals surface area contributed by atoms with Crippen LogP contribution in [0.2, 0.25) is 0 Å². The number of hydrogen-bond acceptors (Lipinski definition) is 4. The SMILES string of the molecule is CNC(=O)[C@H]1CN(c2ccc(OC)cc2)CCN1C. The number of carbonyl (C=O) groups is 1. The summed E-state index contributed by atoms with van der Waals surface area (Å²) in [6.45, 7) is 2.52. The molecule has 0 unspecified atom stereocenters. The van der Waals surface area contributed by atoms with Crippen LogP contribution in [0.1, 0.15) is 0 Å². The molecule has 1 aliphatic rings. The van der Waals surface area contributed by atoms with Crippen LogP contribution in [0.15, 0.2) is 24.3 Å². The molecule has 1 atom stereocenters. The van der Waals surface area contributed by atoms with Gasteiger partial charge in [-0.05, 0) is 31.3 Å². The van der Waals surface area contributed by atoms with Gasteiger partial charge in [0.15, 0.2) is 0 Å². The molecule has 1 amide bonds. The molecule has 1 aromatic carbocycles. The maximum absolute atomic E-state index is 11.9. The lowest BCUT2D eigenvalue weighted by molar-refractivity contribution is -0.125. The van der Waals surface area contributed by atoms with Gasteiger partial charge in [-0.15, -0.1) is 0 Å². The van der Waals surface area contributed by atoms with Gasteiger partial charge in [0.2, 0.25) is 5.91 Å². The average Bonchev–Trinajstić information content (AvgIpc) is 2.47. The lowest BCUT2D eigenvalue weighted by Crippen LogP contribution is -2.57. The molecule has 1 heterocycles. The van der Waals surface area contributed by atoms with Crippen molar-refractivity contribution >= 4 is 11.6 Å². The topological polar surface area (TPSA) is 44.8 Å². The second kappa shape index (κ2) is 5.93. The molecule has 5 nitrogen and oxygen atoms in total. The van der Waals surface area contributed by atoms with Gasteiger partial charge in [0.1, 0.15) is 11.8 Å². The number of hydrogen-bond donors (Lipinski definition) is 1. The van der Waals surface area contributed by atoms with E-state index in [0.29, 0.717) is 6.54 Å². The van der Waals surface area contributed by atoms with Crippen LogP contribution in [0.25, 0.3) is 0 Å². The number of carbonyl (C=O) groups excluding carboxylic acids is 1. The van der Waals surface area contributed by atoms with Crippen molar-refractivity contribution in [3.63, 3.8) is 0 Å². The molecule has 0 radical (unpaired) electrons. The summed E-state index contributed by atoms with van der Waals surface area (Å²) < 4.78 is 5.16. The first kappa shape index (κ1) is 13.7. The van der Waals surface area contributed by atoms with Gasteiger partial charge in [0, 0.05) is 32.4 Å². The van der Waals surface area contributed by atoms with E-state index in [1.165, 1.54) is 0 Å². The van der Waals surface area contributed by atoms with E-state index in [-0.39, 0.29) is 11.9 Å². The summed E-state index contributed by atoms with van der Waals surface area (Å²) >= 11 is 0. The molecule has 0 bridgehead atoms. The Hall–Kier alpha value is -1.75. The molecule has 5 heteroatoms. The highest BCUT2D eigenvalue weighted by atomic mass is 16.5. The van der Waals surface area contributed by atoms with Crippen LogP contribution < -0.4 is 15.0 Å². The number of ether oxygens (including phenoxy) is 1. The Morgan fingerprint density at radius 1 is 1.32 bits per heavy atom. The molecular formula is C14H21N3O2. The summed E-state index contributed by atoms with van der Waals surface area (Å²) in [5.74, 6) is 0.918. The number of piperazine rings is 1. The Morgan fingerprint density at radius 2 is 2.00 bits per heavy atom. The van der Waals surface area contributed by atoms with Gasteiger partial charge in [0.05, 0.1) is 7.11 Å². The molecule has 19 heavy (non-hydrogen) atoms. The molecule has 1 aliphatic heterocycles. The van der Waals surface area contributed by atoms with Crippen molar-refractivity contribution in [3.05, 3.63) is 24.3 Å². The fourth-order valence-corrected chi connectivity index (χ4v) is 2.35. The van der Waals surface area contributed by atoms with Gasteiger partial charge in [0.25, 0.3) is 0 Å². The summed E-state index contributed by atoms with van der Waals surface area (Å²) in [6, 6.07) is 7.86. The third-order valence-electron chi connectivity index (χ3n) is 3.63. The predicted octanol–water partition coefficient (Wildman–Crippen LogP) is 0.562. The van der Waals surface area contributed by atoms with Crippen LogP contribution in [0, 0.1) is 0 Å². The van der Waals surface area contributed by atoms with E-state index in [1.807, 2.05) is 31.3 Å². The Kier molecular flexibility index (Phi) is 4.27. The molecule has 104 valence electrons. The smallest absolute Gasteiger partial charge is 0.238 e. The van der Waals surface area contributed by atoms with Crippen molar-refractivity contribution in [2.75, 3.05) is 45.7 Å². The minimum atomic E-state index is -0.0964. The lowest BCUT2D eigenvalue weighted by atomic mass is 10.1. The van der Waals surface area contributed by atoms with Crippen molar-refractivity contribution in [1.82, 2.24) is 10.2 Å². The highest BCUT2D eigenvalue weighted by Gasteiger charge is 2.29. The van der Waals surface area contributed by atoms with Gasteiger partial charge in [-0.2, -0.15) is 0 Å². The zero-order valence-electron chi connectivity index (χ0n) is 11.7. The molecule has 1 saturated heterocycles. The number of amides is 1. The Labute approximate surface area is 114 Å². The van der Waals surface area contributed by atoms with E-state index in [9.17, 15) is 4.79 Å². The van der Waals surface area contributed by atoms with Gasteiger partial charge < -0.3 is 15.0 Å². The van der Waals surface area contributed by atoms with E-state index >= 15 is 0 Å². The third-order valence-corrected chi connectivity index (χ3v) is 3.63. The second-order valence-corrected chi connectivity index (χ2v) is 4.75. The highest BCUT2D eigenvalue weighted by Crippen LogP contribution is 2.21. The van der Waals surface area contributed by atoms with E-state index in [1.54, 1.807) is 14.2 Å². The summed E-state index contributed by atoms with van der Waals surface area (Å²) in [5.41, 5.74) is 1.13. The fraction of sp³-hybridized carbons (Fsp3) is 0.500. The number of anilines is 1. The lowest BCUT2D eigenvalue weighted by Gasteiger charge is -2.39. The number of nitrogens with zero attached hydrogens (tertiary/aromatic N) is 2. The van der Waals surface area contributed by atoms with Crippen LogP contribution in [0.5, 0.6) is 5.75 Å². The maximum atomic E-state index is 11.9. The van der Waals surface area contributed by atoms with E-state index in [0.717, 1.165) is 24.5 Å². The van der Waals surface area contributed by atoms with Crippen LogP contribution in [-0.2, 0) is 4.79 Å². The molecular weight excluding hydrogens is 242 g/mol. The molecule has 0 spiro atoms. The second-order valence-electron chi connectivity index (χ2n) is 4.75. The molecule has 0 saturated carbocycles. The fourth-order valence-electron chi connectivity index (χ4n) is 2.35. The zero-order valence-corrected chi connectivity index (χ0v) is 11.7. The molecule has 1 fully saturated rings. The maximum Gasteiger partial charge on any atom is 0.238 e. The summed E-state index contributed by atoms with van der Waals surface area (Å²) in [6.07, 6.45) is 0. The first-order valence-corrected chi connectivity index (χ1v) is 6.46. The number of methoxy groups -OCH3 is 1. The van der Waals surface area contributed by atoms with Crippen molar-refractivity contribution < 1.29 is 9.53 Å². The van der Waals surface area contributed by atoms with E-state index in [4.69, 9.17) is 4.74 Å². The minimum absolute atomic E-state index is 0.0701. The summed E-state index contributed by atoms with van der Waals surface area (Å²) in [4.78, 5) is 16.2. The van der Waals surface area contributed by atoms with Gasteiger partial charge >= 0.3 is 0 Å². The van der Waals surface area contributed by atoms with E-state index < -0.39 is 0 Å². The largest absolute Gasteiger partial charge is 0.497 e. The van der Waals surface area contributed by atoms with Crippen molar-refractivity contribution in [3.8, 4) is 5.75 Å². The highest BCUT2D eigenvalue weighted by molar-refractivity contribution is 5.82. The third kappa shape index (κ3) is 2.98. The first-order valence-electron chi connectivity index (χ1n) is 6.46. The van der Waals surface area contributed by atoms with Gasteiger partial charge in [-0.3, -0.25) is 9.69 Å².